The predicted molar refractivity (Wildman–Crippen MR) is 97.4 cm³/mol. The number of furan rings is 1. The molecule has 0 unspecified atom stereocenters. The summed E-state index contributed by atoms with van der Waals surface area (Å²) in [5.74, 6) is 0.585. The average molecular weight is 372 g/mol. The number of nitrogens with zero attached hydrogens (tertiary/aromatic N) is 2. The summed E-state index contributed by atoms with van der Waals surface area (Å²) < 4.78 is 23.0. The molecule has 1 amide bonds. The maximum Gasteiger partial charge on any atom is 0.419 e. The second kappa shape index (κ2) is 6.96. The number of aromatic nitrogens is 1. The Bertz CT molecular complexity index is 1010. The summed E-state index contributed by atoms with van der Waals surface area (Å²) in [5, 5.41) is 0.708. The van der Waals surface area contributed by atoms with Gasteiger partial charge in [0.1, 0.15) is 5.75 Å². The Morgan fingerprint density at radius 3 is 2.63 bits per heavy atom. The molecule has 1 aliphatic rings. The molecule has 0 saturated carbocycles. The minimum absolute atomic E-state index is 0.192. The lowest BCUT2D eigenvalue weighted by Gasteiger charge is -2.25. The van der Waals surface area contributed by atoms with E-state index in [9.17, 15) is 9.59 Å². The zero-order valence-corrected chi connectivity index (χ0v) is 15.2. The van der Waals surface area contributed by atoms with Crippen LogP contribution >= 0.6 is 0 Å². The van der Waals surface area contributed by atoms with Gasteiger partial charge in [-0.05, 0) is 19.1 Å². The van der Waals surface area contributed by atoms with Gasteiger partial charge in [0.25, 0.3) is 5.91 Å². The van der Waals surface area contributed by atoms with Crippen LogP contribution in [0.2, 0.25) is 0 Å². The summed E-state index contributed by atoms with van der Waals surface area (Å²) in [4.78, 5) is 27.0. The van der Waals surface area contributed by atoms with Gasteiger partial charge in [0, 0.05) is 30.6 Å². The fourth-order valence-corrected chi connectivity index (χ4v) is 3.30. The van der Waals surface area contributed by atoms with E-state index in [0.717, 1.165) is 0 Å². The van der Waals surface area contributed by atoms with Crippen molar-refractivity contribution in [3.05, 3.63) is 30.0 Å². The fourth-order valence-electron chi connectivity index (χ4n) is 3.30. The van der Waals surface area contributed by atoms with Gasteiger partial charge in [-0.2, -0.15) is 0 Å². The van der Waals surface area contributed by atoms with Crippen LogP contribution in [0.25, 0.3) is 22.0 Å². The number of rotatable bonds is 3. The largest absolute Gasteiger partial charge is 0.497 e. The molecule has 0 bridgehead atoms. The summed E-state index contributed by atoms with van der Waals surface area (Å²) in [7, 11) is 1.56. The molecule has 142 valence electrons. The Morgan fingerprint density at radius 1 is 1.15 bits per heavy atom. The number of ether oxygens (including phenoxy) is 3. The van der Waals surface area contributed by atoms with Crippen LogP contribution in [-0.4, -0.2) is 61.5 Å². The molecule has 27 heavy (non-hydrogen) atoms. The fraction of sp³-hybridized carbons (Fsp3) is 0.368. The molecule has 0 atom stereocenters. The van der Waals surface area contributed by atoms with E-state index in [4.69, 9.17) is 18.6 Å². The van der Waals surface area contributed by atoms with Crippen molar-refractivity contribution in [1.29, 1.82) is 0 Å². The van der Waals surface area contributed by atoms with E-state index in [0.29, 0.717) is 54.1 Å². The van der Waals surface area contributed by atoms with Crippen LogP contribution < -0.4 is 4.74 Å². The number of hydrogen-bond donors (Lipinski definition) is 0. The third-order valence-corrected chi connectivity index (χ3v) is 4.60. The minimum atomic E-state index is -0.531. The monoisotopic (exact) mass is 372 g/mol. The van der Waals surface area contributed by atoms with E-state index in [1.165, 1.54) is 4.57 Å². The molecule has 8 heteroatoms. The molecule has 2 aromatic heterocycles. The number of methoxy groups -OCH3 is 1. The Labute approximate surface area is 155 Å². The summed E-state index contributed by atoms with van der Waals surface area (Å²) in [6.07, 6.45) is -0.531. The lowest BCUT2D eigenvalue weighted by Crippen LogP contribution is -2.40. The van der Waals surface area contributed by atoms with Gasteiger partial charge in [0.15, 0.2) is 11.3 Å². The quantitative estimate of drug-likeness (QED) is 0.703. The van der Waals surface area contributed by atoms with E-state index in [-0.39, 0.29) is 18.3 Å². The smallest absolute Gasteiger partial charge is 0.419 e. The Kier molecular flexibility index (Phi) is 4.49. The van der Waals surface area contributed by atoms with Gasteiger partial charge >= 0.3 is 6.09 Å². The highest BCUT2D eigenvalue weighted by molar-refractivity contribution is 6.12. The van der Waals surface area contributed by atoms with Gasteiger partial charge in [0.05, 0.1) is 38.0 Å². The predicted octanol–water partition coefficient (Wildman–Crippen LogP) is 2.87. The first-order chi connectivity index (χ1) is 13.1. The molecular formula is C19H20N2O6. The number of morpholine rings is 1. The van der Waals surface area contributed by atoms with Crippen molar-refractivity contribution in [3.63, 3.8) is 0 Å². The van der Waals surface area contributed by atoms with Crippen LogP contribution in [0.1, 0.15) is 17.5 Å². The highest BCUT2D eigenvalue weighted by atomic mass is 16.5. The number of fused-ring (bicyclic) bond motifs is 3. The van der Waals surface area contributed by atoms with Crippen molar-refractivity contribution in [2.45, 2.75) is 6.92 Å². The first-order valence-electron chi connectivity index (χ1n) is 8.80. The number of amides is 1. The first kappa shape index (κ1) is 17.4. The molecule has 0 radical (unpaired) electrons. The topological polar surface area (TPSA) is 83.1 Å². The van der Waals surface area contributed by atoms with Crippen LogP contribution in [-0.2, 0) is 9.47 Å². The molecule has 1 saturated heterocycles. The number of hydrogen-bond acceptors (Lipinski definition) is 6. The van der Waals surface area contributed by atoms with E-state index >= 15 is 0 Å². The molecule has 3 aromatic rings. The van der Waals surface area contributed by atoms with E-state index in [2.05, 4.69) is 0 Å². The molecular weight excluding hydrogens is 352 g/mol. The standard InChI is InChI=1S/C19H20N2O6/c1-3-26-19(23)21-14-10-12(24-2)4-5-13(14)17-15(21)11-16(27-17)18(22)20-6-8-25-9-7-20/h4-5,10-11H,3,6-9H2,1-2H3. The zero-order valence-electron chi connectivity index (χ0n) is 15.2. The van der Waals surface area contributed by atoms with Crippen molar-refractivity contribution in [3.8, 4) is 5.75 Å². The third kappa shape index (κ3) is 2.91. The van der Waals surface area contributed by atoms with Crippen molar-refractivity contribution in [1.82, 2.24) is 9.47 Å². The zero-order chi connectivity index (χ0) is 19.0. The molecule has 1 fully saturated rings. The third-order valence-electron chi connectivity index (χ3n) is 4.60. The first-order valence-corrected chi connectivity index (χ1v) is 8.80. The Balaban J connectivity index is 1.85. The molecule has 1 aromatic carbocycles. The normalized spacial score (nSPS) is 14.7. The Morgan fingerprint density at radius 2 is 1.93 bits per heavy atom. The molecule has 0 spiro atoms. The summed E-state index contributed by atoms with van der Waals surface area (Å²) in [5.41, 5.74) is 1.57. The molecule has 3 heterocycles. The number of carbonyl (C=O) groups is 2. The minimum Gasteiger partial charge on any atom is -0.497 e. The SMILES string of the molecule is CCOC(=O)n1c2cc(OC)ccc2c2oc(C(=O)N3CCOCC3)cc21. The number of carbonyl (C=O) groups excluding carboxylic acids is 2. The summed E-state index contributed by atoms with van der Waals surface area (Å²) >= 11 is 0. The van der Waals surface area contributed by atoms with E-state index in [1.54, 1.807) is 43.2 Å². The molecule has 8 nitrogen and oxygen atoms in total. The second-order valence-electron chi connectivity index (χ2n) is 6.15. The van der Waals surface area contributed by atoms with Crippen molar-refractivity contribution in [2.75, 3.05) is 40.0 Å². The van der Waals surface area contributed by atoms with E-state index in [1.807, 2.05) is 0 Å². The second-order valence-corrected chi connectivity index (χ2v) is 6.15. The average Bonchev–Trinajstić information content (AvgIpc) is 3.24. The highest BCUT2D eigenvalue weighted by Crippen LogP contribution is 2.34. The van der Waals surface area contributed by atoms with Crippen LogP contribution in [0.5, 0.6) is 5.75 Å². The van der Waals surface area contributed by atoms with Crippen molar-refractivity contribution in [2.24, 2.45) is 0 Å². The lowest BCUT2D eigenvalue weighted by atomic mass is 10.2. The molecule has 0 N–H and O–H groups in total. The van der Waals surface area contributed by atoms with Gasteiger partial charge in [0.2, 0.25) is 0 Å². The van der Waals surface area contributed by atoms with Crippen LogP contribution in [0, 0.1) is 0 Å². The lowest BCUT2D eigenvalue weighted by molar-refractivity contribution is 0.0284. The van der Waals surface area contributed by atoms with Crippen LogP contribution in [0.15, 0.2) is 28.7 Å². The maximum atomic E-state index is 12.7. The van der Waals surface area contributed by atoms with Crippen LogP contribution in [0.3, 0.4) is 0 Å². The molecule has 4 rings (SSSR count). The Hall–Kier alpha value is -3.00. The van der Waals surface area contributed by atoms with Gasteiger partial charge in [-0.3, -0.25) is 4.79 Å². The van der Waals surface area contributed by atoms with Crippen molar-refractivity contribution < 1.29 is 28.2 Å². The maximum absolute atomic E-state index is 12.7. The summed E-state index contributed by atoms with van der Waals surface area (Å²) in [6.45, 7) is 4.01. The highest BCUT2D eigenvalue weighted by Gasteiger charge is 2.26. The van der Waals surface area contributed by atoms with Crippen molar-refractivity contribution >= 4 is 34.0 Å². The van der Waals surface area contributed by atoms with Gasteiger partial charge < -0.3 is 23.5 Å². The summed E-state index contributed by atoms with van der Waals surface area (Å²) in [6, 6.07) is 6.92. The van der Waals surface area contributed by atoms with Gasteiger partial charge in [-0.1, -0.05) is 0 Å². The van der Waals surface area contributed by atoms with Gasteiger partial charge in [-0.25, -0.2) is 9.36 Å². The van der Waals surface area contributed by atoms with Gasteiger partial charge in [-0.15, -0.1) is 0 Å². The van der Waals surface area contributed by atoms with E-state index < -0.39 is 6.09 Å². The molecule has 0 aliphatic carbocycles. The molecule has 1 aliphatic heterocycles. The number of benzene rings is 1. The van der Waals surface area contributed by atoms with Crippen LogP contribution in [0.4, 0.5) is 4.79 Å².